The van der Waals surface area contributed by atoms with Gasteiger partial charge in [0, 0.05) is 19.3 Å². The maximum absolute atomic E-state index is 12.5. The van der Waals surface area contributed by atoms with Crippen molar-refractivity contribution in [2.45, 2.75) is 13.1 Å². The molecule has 18 heavy (non-hydrogen) atoms. The molecule has 0 aromatic carbocycles. The fourth-order valence-electron chi connectivity index (χ4n) is 1.37. The minimum Gasteiger partial charge on any atom is -0.293 e. The molecule has 0 N–H and O–H groups in total. The molecular weight excluding hydrogens is 247 g/mol. The SMILES string of the molecule is CC(=O)c1cn(-c2cc(C(F)(F)F)ccn2)cn1. The fraction of sp³-hybridized carbons (Fsp3) is 0.182. The van der Waals surface area contributed by atoms with E-state index in [1.54, 1.807) is 0 Å². The number of carbonyl (C=O) groups excluding carboxylic acids is 1. The molecule has 2 rings (SSSR count). The van der Waals surface area contributed by atoms with Crippen LogP contribution in [-0.2, 0) is 6.18 Å². The van der Waals surface area contributed by atoms with E-state index in [9.17, 15) is 18.0 Å². The summed E-state index contributed by atoms with van der Waals surface area (Å²) in [4.78, 5) is 18.6. The average molecular weight is 255 g/mol. The second-order valence-electron chi connectivity index (χ2n) is 3.62. The van der Waals surface area contributed by atoms with E-state index in [1.807, 2.05) is 0 Å². The first-order valence-electron chi connectivity index (χ1n) is 4.96. The Hall–Kier alpha value is -2.18. The topological polar surface area (TPSA) is 47.8 Å². The van der Waals surface area contributed by atoms with Gasteiger partial charge in [0.05, 0.1) is 5.56 Å². The molecule has 94 valence electrons. The molecule has 0 spiro atoms. The van der Waals surface area contributed by atoms with Crippen molar-refractivity contribution >= 4 is 5.78 Å². The van der Waals surface area contributed by atoms with Gasteiger partial charge in [0.15, 0.2) is 5.78 Å². The van der Waals surface area contributed by atoms with Crippen molar-refractivity contribution in [2.24, 2.45) is 0 Å². The summed E-state index contributed by atoms with van der Waals surface area (Å²) in [7, 11) is 0. The van der Waals surface area contributed by atoms with Gasteiger partial charge in [0.2, 0.25) is 0 Å². The molecule has 0 radical (unpaired) electrons. The van der Waals surface area contributed by atoms with Gasteiger partial charge in [-0.1, -0.05) is 0 Å². The van der Waals surface area contributed by atoms with Crippen LogP contribution in [0.15, 0.2) is 30.9 Å². The Morgan fingerprint density at radius 3 is 2.61 bits per heavy atom. The lowest BCUT2D eigenvalue weighted by Gasteiger charge is -2.07. The summed E-state index contributed by atoms with van der Waals surface area (Å²) in [6.45, 7) is 1.33. The first-order valence-corrected chi connectivity index (χ1v) is 4.96. The molecule has 0 unspecified atom stereocenters. The number of pyridine rings is 1. The van der Waals surface area contributed by atoms with Crippen LogP contribution in [0.3, 0.4) is 0 Å². The van der Waals surface area contributed by atoms with Gasteiger partial charge in [-0.15, -0.1) is 0 Å². The highest BCUT2D eigenvalue weighted by Crippen LogP contribution is 2.29. The molecule has 0 bridgehead atoms. The summed E-state index contributed by atoms with van der Waals surface area (Å²) in [5.74, 6) is -0.203. The Kier molecular flexibility index (Phi) is 2.90. The van der Waals surface area contributed by atoms with Crippen LogP contribution >= 0.6 is 0 Å². The van der Waals surface area contributed by atoms with E-state index in [0.29, 0.717) is 0 Å². The van der Waals surface area contributed by atoms with Crippen LogP contribution in [0.2, 0.25) is 0 Å². The van der Waals surface area contributed by atoms with Gasteiger partial charge in [-0.25, -0.2) is 9.97 Å². The van der Waals surface area contributed by atoms with Gasteiger partial charge in [-0.2, -0.15) is 13.2 Å². The summed E-state index contributed by atoms with van der Waals surface area (Å²) in [5, 5.41) is 0. The quantitative estimate of drug-likeness (QED) is 0.774. The predicted octanol–water partition coefficient (Wildman–Crippen LogP) is 2.49. The Morgan fingerprint density at radius 1 is 1.33 bits per heavy atom. The number of ketones is 1. The Labute approximate surface area is 100 Å². The van der Waals surface area contributed by atoms with Gasteiger partial charge >= 0.3 is 6.18 Å². The average Bonchev–Trinajstić information content (AvgIpc) is 2.77. The van der Waals surface area contributed by atoms with Gasteiger partial charge in [-0.05, 0) is 12.1 Å². The molecule has 4 nitrogen and oxygen atoms in total. The Balaban J connectivity index is 2.41. The number of rotatable bonds is 2. The zero-order valence-corrected chi connectivity index (χ0v) is 9.27. The maximum atomic E-state index is 12.5. The third kappa shape index (κ3) is 2.39. The van der Waals surface area contributed by atoms with E-state index < -0.39 is 11.7 Å². The van der Waals surface area contributed by atoms with E-state index >= 15 is 0 Å². The van der Waals surface area contributed by atoms with Crippen molar-refractivity contribution in [2.75, 3.05) is 0 Å². The maximum Gasteiger partial charge on any atom is 0.416 e. The standard InChI is InChI=1S/C11H8F3N3O/c1-7(18)9-5-17(6-16-9)10-4-8(2-3-15-10)11(12,13)14/h2-6H,1H3. The first-order chi connectivity index (χ1) is 8.38. The molecule has 7 heteroatoms. The first kappa shape index (κ1) is 12.3. The zero-order valence-electron chi connectivity index (χ0n) is 9.27. The van der Waals surface area contributed by atoms with E-state index in [-0.39, 0.29) is 17.3 Å². The Bertz CT molecular complexity index is 589. The molecule has 0 amide bonds. The minimum atomic E-state index is -4.43. The molecule has 0 fully saturated rings. The summed E-state index contributed by atoms with van der Waals surface area (Å²) >= 11 is 0. The fourth-order valence-corrected chi connectivity index (χ4v) is 1.37. The lowest BCUT2D eigenvalue weighted by atomic mass is 10.2. The molecule has 0 saturated carbocycles. The normalized spacial score (nSPS) is 11.6. The largest absolute Gasteiger partial charge is 0.416 e. The van der Waals surface area contributed by atoms with Crippen LogP contribution in [-0.4, -0.2) is 20.3 Å². The highest BCUT2D eigenvalue weighted by molar-refractivity contribution is 5.91. The third-order valence-electron chi connectivity index (χ3n) is 2.28. The summed E-state index contributed by atoms with van der Waals surface area (Å²) in [6.07, 6.45) is -0.780. The van der Waals surface area contributed by atoms with E-state index in [0.717, 1.165) is 18.3 Å². The molecule has 0 aliphatic carbocycles. The summed E-state index contributed by atoms with van der Waals surface area (Å²) in [6, 6.07) is 1.78. The van der Waals surface area contributed by atoms with E-state index in [2.05, 4.69) is 9.97 Å². The van der Waals surface area contributed by atoms with Crippen molar-refractivity contribution in [3.05, 3.63) is 42.1 Å². The molecule has 0 atom stereocenters. The molecule has 2 aromatic heterocycles. The molecule has 2 aromatic rings. The van der Waals surface area contributed by atoms with Crippen molar-refractivity contribution in [1.82, 2.24) is 14.5 Å². The number of carbonyl (C=O) groups is 1. The molecule has 0 aliphatic rings. The number of hydrogen-bond donors (Lipinski definition) is 0. The molecular formula is C11H8F3N3O. The number of Topliss-reactive ketones (excluding diaryl/α,β-unsaturated/α-hetero) is 1. The monoisotopic (exact) mass is 255 g/mol. The number of imidazole rings is 1. The second kappa shape index (κ2) is 4.25. The number of halogens is 3. The molecule has 0 saturated heterocycles. The van der Waals surface area contributed by atoms with E-state index in [1.165, 1.54) is 24.0 Å². The lowest BCUT2D eigenvalue weighted by molar-refractivity contribution is -0.137. The lowest BCUT2D eigenvalue weighted by Crippen LogP contribution is -2.06. The van der Waals surface area contributed by atoms with Crippen LogP contribution in [0.4, 0.5) is 13.2 Å². The van der Waals surface area contributed by atoms with Gasteiger partial charge in [-0.3, -0.25) is 9.36 Å². The predicted molar refractivity (Wildman–Crippen MR) is 56.4 cm³/mol. The highest BCUT2D eigenvalue weighted by atomic mass is 19.4. The second-order valence-corrected chi connectivity index (χ2v) is 3.62. The van der Waals surface area contributed by atoms with Gasteiger partial charge in [0.25, 0.3) is 0 Å². The van der Waals surface area contributed by atoms with Crippen LogP contribution in [0.1, 0.15) is 23.0 Å². The van der Waals surface area contributed by atoms with Crippen molar-refractivity contribution in [1.29, 1.82) is 0 Å². The van der Waals surface area contributed by atoms with Crippen molar-refractivity contribution < 1.29 is 18.0 Å². The van der Waals surface area contributed by atoms with Crippen LogP contribution in [0.5, 0.6) is 0 Å². The zero-order chi connectivity index (χ0) is 13.3. The number of nitrogens with zero attached hydrogens (tertiary/aromatic N) is 3. The minimum absolute atomic E-state index is 0.0600. The highest BCUT2D eigenvalue weighted by Gasteiger charge is 2.30. The van der Waals surface area contributed by atoms with Gasteiger partial charge in [0.1, 0.15) is 17.8 Å². The Morgan fingerprint density at radius 2 is 2.06 bits per heavy atom. The number of hydrogen-bond acceptors (Lipinski definition) is 3. The van der Waals surface area contributed by atoms with Crippen molar-refractivity contribution in [3.63, 3.8) is 0 Å². The van der Waals surface area contributed by atoms with Crippen LogP contribution in [0.25, 0.3) is 5.82 Å². The number of alkyl halides is 3. The molecule has 0 aliphatic heterocycles. The van der Waals surface area contributed by atoms with Gasteiger partial charge < -0.3 is 0 Å². The van der Waals surface area contributed by atoms with Crippen molar-refractivity contribution in [3.8, 4) is 5.82 Å². The molecule has 2 heterocycles. The van der Waals surface area contributed by atoms with E-state index in [4.69, 9.17) is 0 Å². The summed E-state index contributed by atoms with van der Waals surface area (Å²) in [5.41, 5.74) is -0.625. The smallest absolute Gasteiger partial charge is 0.293 e. The van der Waals surface area contributed by atoms with Crippen LogP contribution < -0.4 is 0 Å². The van der Waals surface area contributed by atoms with Crippen LogP contribution in [0, 0.1) is 0 Å². The number of aromatic nitrogens is 3. The summed E-state index contributed by atoms with van der Waals surface area (Å²) < 4.78 is 38.8. The third-order valence-corrected chi connectivity index (χ3v) is 2.28.